The summed E-state index contributed by atoms with van der Waals surface area (Å²) >= 11 is 0. The minimum absolute atomic E-state index is 0.819. The van der Waals surface area contributed by atoms with Gasteiger partial charge in [0, 0.05) is 24.9 Å². The molecule has 20 heavy (non-hydrogen) atoms. The maximum absolute atomic E-state index is 10.8. The quantitative estimate of drug-likeness (QED) is 0.770. The molecule has 0 saturated heterocycles. The third-order valence-electron chi connectivity index (χ3n) is 3.60. The Kier molecular flexibility index (Phi) is 4.83. The van der Waals surface area contributed by atoms with Crippen LogP contribution in [0.1, 0.15) is 37.3 Å². The topological polar surface area (TPSA) is 40.5 Å². The normalized spacial score (nSPS) is 14.7. The highest BCUT2D eigenvalue weighted by atomic mass is 16.4. The summed E-state index contributed by atoms with van der Waals surface area (Å²) in [4.78, 5) is 13.2. The van der Waals surface area contributed by atoms with Gasteiger partial charge in [-0.2, -0.15) is 0 Å². The summed E-state index contributed by atoms with van der Waals surface area (Å²) in [6.07, 6.45) is 6.68. The van der Waals surface area contributed by atoms with Crippen LogP contribution in [0, 0.1) is 12.8 Å². The zero-order valence-electron chi connectivity index (χ0n) is 12.3. The number of carboxylic acids is 1. The molecule has 3 nitrogen and oxygen atoms in total. The first kappa shape index (κ1) is 14.6. The van der Waals surface area contributed by atoms with Crippen LogP contribution in [-0.4, -0.2) is 24.2 Å². The zero-order valence-corrected chi connectivity index (χ0v) is 12.3. The molecular weight excluding hydrogens is 250 g/mol. The summed E-state index contributed by atoms with van der Waals surface area (Å²) in [5, 5.41) is 8.83. The van der Waals surface area contributed by atoms with Gasteiger partial charge in [0.25, 0.3) is 0 Å². The number of carboxylic acid groups (broad SMARTS) is 1. The summed E-state index contributed by atoms with van der Waals surface area (Å²) in [5.74, 6) is -0.0825. The standard InChI is InChI=1S/C17H23NO2/c1-3-10-18(12-14-5-6-14)16-8-4-13(2)11-15(16)7-9-17(19)20/h4,7-9,11,14H,3,5-6,10,12H2,1-2H3,(H,19,20)/b9-7+. The molecule has 0 radical (unpaired) electrons. The second-order valence-electron chi connectivity index (χ2n) is 5.62. The fourth-order valence-corrected chi connectivity index (χ4v) is 2.45. The first-order chi connectivity index (χ1) is 9.60. The molecule has 108 valence electrons. The number of aliphatic carboxylic acids is 1. The molecule has 1 aromatic carbocycles. The van der Waals surface area contributed by atoms with Crippen molar-refractivity contribution in [3.63, 3.8) is 0 Å². The fourth-order valence-electron chi connectivity index (χ4n) is 2.45. The lowest BCUT2D eigenvalue weighted by Crippen LogP contribution is -2.27. The first-order valence-electron chi connectivity index (χ1n) is 7.36. The lowest BCUT2D eigenvalue weighted by molar-refractivity contribution is -0.131. The van der Waals surface area contributed by atoms with Crippen LogP contribution in [-0.2, 0) is 4.79 Å². The molecule has 1 N–H and O–H groups in total. The molecule has 1 aliphatic carbocycles. The van der Waals surface area contributed by atoms with Crippen molar-refractivity contribution >= 4 is 17.7 Å². The lowest BCUT2D eigenvalue weighted by atomic mass is 10.1. The highest BCUT2D eigenvalue weighted by Gasteiger charge is 2.24. The van der Waals surface area contributed by atoms with E-state index in [0.717, 1.165) is 42.2 Å². The summed E-state index contributed by atoms with van der Waals surface area (Å²) in [7, 11) is 0. The monoisotopic (exact) mass is 273 g/mol. The Bertz CT molecular complexity index is 504. The maximum atomic E-state index is 10.8. The van der Waals surface area contributed by atoms with E-state index in [2.05, 4.69) is 30.0 Å². The predicted octanol–water partition coefficient (Wildman–Crippen LogP) is 3.72. The van der Waals surface area contributed by atoms with Crippen molar-refractivity contribution in [1.29, 1.82) is 0 Å². The number of nitrogens with zero attached hydrogens (tertiary/aromatic N) is 1. The van der Waals surface area contributed by atoms with Gasteiger partial charge in [-0.3, -0.25) is 0 Å². The van der Waals surface area contributed by atoms with Gasteiger partial charge in [0.15, 0.2) is 0 Å². The first-order valence-corrected chi connectivity index (χ1v) is 7.36. The Morgan fingerprint density at radius 3 is 2.80 bits per heavy atom. The van der Waals surface area contributed by atoms with Crippen LogP contribution in [0.4, 0.5) is 5.69 Å². The second-order valence-corrected chi connectivity index (χ2v) is 5.62. The van der Waals surface area contributed by atoms with E-state index >= 15 is 0 Å². The van der Waals surface area contributed by atoms with Gasteiger partial charge in [-0.05, 0) is 55.9 Å². The third-order valence-corrected chi connectivity index (χ3v) is 3.60. The zero-order chi connectivity index (χ0) is 14.5. The molecule has 0 heterocycles. The number of anilines is 1. The number of benzene rings is 1. The molecule has 1 saturated carbocycles. The third kappa shape index (κ3) is 4.12. The van der Waals surface area contributed by atoms with Gasteiger partial charge in [0.05, 0.1) is 0 Å². The molecule has 0 aromatic heterocycles. The number of carbonyl (C=O) groups is 1. The van der Waals surface area contributed by atoms with Crippen LogP contribution in [0.2, 0.25) is 0 Å². The molecule has 0 spiro atoms. The molecule has 0 amide bonds. The summed E-state index contributed by atoms with van der Waals surface area (Å²) in [6, 6.07) is 6.28. The van der Waals surface area contributed by atoms with Crippen LogP contribution < -0.4 is 4.90 Å². The van der Waals surface area contributed by atoms with Crippen molar-refractivity contribution in [3.8, 4) is 0 Å². The average molecular weight is 273 g/mol. The van der Waals surface area contributed by atoms with E-state index in [4.69, 9.17) is 5.11 Å². The van der Waals surface area contributed by atoms with Gasteiger partial charge in [0.2, 0.25) is 0 Å². The highest BCUT2D eigenvalue weighted by Crippen LogP contribution is 2.33. The molecule has 1 fully saturated rings. The van der Waals surface area contributed by atoms with Crippen molar-refractivity contribution in [2.24, 2.45) is 5.92 Å². The maximum Gasteiger partial charge on any atom is 0.328 e. The van der Waals surface area contributed by atoms with E-state index in [1.807, 2.05) is 6.92 Å². The highest BCUT2D eigenvalue weighted by molar-refractivity contribution is 5.87. The smallest absolute Gasteiger partial charge is 0.328 e. The Balaban J connectivity index is 2.28. The van der Waals surface area contributed by atoms with Gasteiger partial charge in [-0.15, -0.1) is 0 Å². The average Bonchev–Trinajstić information content (AvgIpc) is 3.20. The summed E-state index contributed by atoms with van der Waals surface area (Å²) in [6.45, 7) is 6.33. The van der Waals surface area contributed by atoms with Gasteiger partial charge >= 0.3 is 5.97 Å². The van der Waals surface area contributed by atoms with E-state index < -0.39 is 5.97 Å². The summed E-state index contributed by atoms with van der Waals surface area (Å²) < 4.78 is 0. The predicted molar refractivity (Wildman–Crippen MR) is 83.1 cm³/mol. The van der Waals surface area contributed by atoms with Crippen molar-refractivity contribution in [2.45, 2.75) is 33.1 Å². The molecule has 3 heteroatoms. The minimum Gasteiger partial charge on any atom is -0.478 e. The van der Waals surface area contributed by atoms with Gasteiger partial charge in [0.1, 0.15) is 0 Å². The molecule has 0 aliphatic heterocycles. The van der Waals surface area contributed by atoms with Crippen LogP contribution in [0.5, 0.6) is 0 Å². The van der Waals surface area contributed by atoms with Crippen LogP contribution >= 0.6 is 0 Å². The fraction of sp³-hybridized carbons (Fsp3) is 0.471. The van der Waals surface area contributed by atoms with E-state index in [1.165, 1.54) is 18.9 Å². The summed E-state index contributed by atoms with van der Waals surface area (Å²) in [5.41, 5.74) is 3.31. The van der Waals surface area contributed by atoms with Crippen molar-refractivity contribution in [3.05, 3.63) is 35.4 Å². The van der Waals surface area contributed by atoms with Crippen molar-refractivity contribution < 1.29 is 9.90 Å². The Labute approximate surface area is 120 Å². The Morgan fingerprint density at radius 2 is 2.20 bits per heavy atom. The Morgan fingerprint density at radius 1 is 1.45 bits per heavy atom. The van der Waals surface area contributed by atoms with Crippen molar-refractivity contribution in [2.75, 3.05) is 18.0 Å². The number of aryl methyl sites for hydroxylation is 1. The largest absolute Gasteiger partial charge is 0.478 e. The van der Waals surface area contributed by atoms with Crippen molar-refractivity contribution in [1.82, 2.24) is 0 Å². The SMILES string of the molecule is CCCN(CC1CC1)c1ccc(C)cc1/C=C/C(=O)O. The van der Waals surface area contributed by atoms with Gasteiger partial charge in [-0.25, -0.2) is 4.79 Å². The van der Waals surface area contributed by atoms with Crippen LogP contribution in [0.15, 0.2) is 24.3 Å². The van der Waals surface area contributed by atoms with E-state index in [9.17, 15) is 4.79 Å². The van der Waals surface area contributed by atoms with Gasteiger partial charge in [-0.1, -0.05) is 18.6 Å². The van der Waals surface area contributed by atoms with Gasteiger partial charge < -0.3 is 10.0 Å². The van der Waals surface area contributed by atoms with E-state index in [-0.39, 0.29) is 0 Å². The molecular formula is C17H23NO2. The molecule has 2 rings (SSSR count). The van der Waals surface area contributed by atoms with Crippen LogP contribution in [0.25, 0.3) is 6.08 Å². The van der Waals surface area contributed by atoms with Crippen LogP contribution in [0.3, 0.4) is 0 Å². The molecule has 1 aliphatic rings. The lowest BCUT2D eigenvalue weighted by Gasteiger charge is -2.26. The number of rotatable bonds is 7. The number of hydrogen-bond donors (Lipinski definition) is 1. The Hall–Kier alpha value is -1.77. The van der Waals surface area contributed by atoms with E-state index in [0.29, 0.717) is 0 Å². The molecule has 1 aromatic rings. The minimum atomic E-state index is -0.901. The number of hydrogen-bond acceptors (Lipinski definition) is 2. The molecule has 0 unspecified atom stereocenters. The van der Waals surface area contributed by atoms with E-state index in [1.54, 1.807) is 6.08 Å². The molecule has 0 bridgehead atoms. The second kappa shape index (κ2) is 6.60. The molecule has 0 atom stereocenters.